The molecule has 2 aromatic carbocycles. The van der Waals surface area contributed by atoms with Crippen LogP contribution in [0.15, 0.2) is 164 Å². The summed E-state index contributed by atoms with van der Waals surface area (Å²) >= 11 is 10.5. The summed E-state index contributed by atoms with van der Waals surface area (Å²) in [4.78, 5) is 65.2. The molecule has 41 heteroatoms. The molecule has 0 fully saturated rings. The second-order valence-corrected chi connectivity index (χ2v) is 43.2. The van der Waals surface area contributed by atoms with Crippen molar-refractivity contribution in [3.05, 3.63) is 206 Å². The SMILES string of the molecule is CC(C)NCc1ccc2cc[nH]c2n1.CC(C)Nc1ccc2n[nH]nc2c1.CC(C)Nc1ccsc1.CC(C)Nc1cnc2[nH]ccc2c1.COC(=O)c1cc(C)c(NC(C)C)s1.COC(=O)c1sc(C)cc1NC(C)C.COC(=O)c1sccc1NC(C)C.COc1ccc(-c2nnc(NC(C)C)o2)cc1.Cc1cc(-c2nnc(NC(C)C)o2)cs1.Cc1cc(NC(C)C)c(C(=O)O)s1.Cc1cc(NC(C)C)sn1. The van der Waals surface area contributed by atoms with E-state index in [0.29, 0.717) is 97.7 Å². The number of carboxylic acid groups (broad SMARTS) is 1. The zero-order valence-corrected chi connectivity index (χ0v) is 94.7. The molecule has 786 valence electrons. The third kappa shape index (κ3) is 45.0. The van der Waals surface area contributed by atoms with Gasteiger partial charge in [-0.1, -0.05) is 24.0 Å². The second kappa shape index (κ2) is 62.6. The number of aryl methyl sites for hydroxylation is 5. The molecule has 16 aromatic rings. The summed E-state index contributed by atoms with van der Waals surface area (Å²) in [5, 5.41) is 83.2. The Kier molecular flexibility index (Phi) is 52.1. The Hall–Kier alpha value is -13.0. The van der Waals surface area contributed by atoms with Gasteiger partial charge in [0.05, 0.1) is 73.8 Å². The minimum atomic E-state index is -0.860. The van der Waals surface area contributed by atoms with Crippen molar-refractivity contribution >= 4 is 193 Å². The number of pyridine rings is 2. The van der Waals surface area contributed by atoms with E-state index in [1.54, 1.807) is 29.8 Å². The number of thiophene rings is 6. The van der Waals surface area contributed by atoms with E-state index in [2.05, 4.69) is 259 Å². The minimum Gasteiger partial charge on any atom is -0.497 e. The van der Waals surface area contributed by atoms with Crippen molar-refractivity contribution in [3.8, 4) is 28.7 Å². The van der Waals surface area contributed by atoms with Crippen LogP contribution < -0.4 is 63.2 Å². The number of methoxy groups -OCH3 is 4. The van der Waals surface area contributed by atoms with Gasteiger partial charge in [-0.15, -0.1) is 66.9 Å². The number of hydrogen-bond acceptors (Lipinski definition) is 37. The van der Waals surface area contributed by atoms with Gasteiger partial charge in [0.1, 0.15) is 52.6 Å². The van der Waals surface area contributed by atoms with Gasteiger partial charge in [0.2, 0.25) is 5.89 Å². The first-order valence-electron chi connectivity index (χ1n) is 47.6. The largest absolute Gasteiger partial charge is 0.497 e. The Balaban J connectivity index is 0.000000245. The predicted molar refractivity (Wildman–Crippen MR) is 608 cm³/mol. The number of aromatic amines is 3. The average molecular weight is 2120 g/mol. The smallest absolute Gasteiger partial charge is 0.350 e. The summed E-state index contributed by atoms with van der Waals surface area (Å²) in [5.74, 6) is 0.188. The number of carboxylic acids is 1. The number of fused-ring (bicyclic) bond motifs is 3. The number of aromatic carboxylic acids is 1. The maximum Gasteiger partial charge on any atom is 0.350 e. The number of rotatable bonds is 30. The van der Waals surface area contributed by atoms with Crippen LogP contribution in [0.4, 0.5) is 56.2 Å². The molecule has 15 N–H and O–H groups in total. The van der Waals surface area contributed by atoms with Crippen LogP contribution in [0.25, 0.3) is 56.0 Å². The lowest BCUT2D eigenvalue weighted by Crippen LogP contribution is -2.22. The first kappa shape index (κ1) is 121. The van der Waals surface area contributed by atoms with Crippen LogP contribution in [0.5, 0.6) is 5.75 Å². The average Bonchev–Trinajstić information content (AvgIpc) is 1.71. The van der Waals surface area contributed by atoms with Gasteiger partial charge in [-0.3, -0.25) is 0 Å². The monoisotopic (exact) mass is 2120 g/mol. The van der Waals surface area contributed by atoms with Crippen LogP contribution in [-0.4, -0.2) is 184 Å². The van der Waals surface area contributed by atoms with Crippen molar-refractivity contribution < 1.29 is 52.1 Å². The second-order valence-electron chi connectivity index (χ2n) is 36.0. The molecule has 0 aliphatic carbocycles. The molecule has 0 bridgehead atoms. The molecule has 16 rings (SSSR count). The summed E-state index contributed by atoms with van der Waals surface area (Å²) in [6, 6.07) is 42.6. The molecule has 0 unspecified atom stereocenters. The van der Waals surface area contributed by atoms with Gasteiger partial charge in [0.25, 0.3) is 5.89 Å². The van der Waals surface area contributed by atoms with Crippen LogP contribution in [-0.2, 0) is 20.8 Å². The van der Waals surface area contributed by atoms with E-state index < -0.39 is 5.97 Å². The lowest BCUT2D eigenvalue weighted by molar-refractivity contribution is 0.0597. The molecular formula is C104H147N23O11S7. The van der Waals surface area contributed by atoms with Gasteiger partial charge in [-0.05, 0) is 316 Å². The molecule has 145 heavy (non-hydrogen) atoms. The Labute approximate surface area is 880 Å². The van der Waals surface area contributed by atoms with Crippen LogP contribution >= 0.6 is 79.6 Å². The van der Waals surface area contributed by atoms with Gasteiger partial charge >= 0.3 is 35.9 Å². The molecule has 14 aromatic heterocycles. The fourth-order valence-corrected chi connectivity index (χ4v) is 18.0. The highest BCUT2D eigenvalue weighted by atomic mass is 32.1. The number of anilines is 10. The van der Waals surface area contributed by atoms with E-state index in [4.69, 9.17) is 23.4 Å². The third-order valence-corrected chi connectivity index (χ3v) is 24.6. The summed E-state index contributed by atoms with van der Waals surface area (Å²) < 4.78 is 34.2. The number of H-pyrrole nitrogens is 3. The van der Waals surface area contributed by atoms with E-state index >= 15 is 0 Å². The molecule has 0 saturated heterocycles. The number of nitrogens with one attached hydrogen (secondary N) is 14. The fourth-order valence-electron chi connectivity index (χ4n) is 12.3. The van der Waals surface area contributed by atoms with Crippen molar-refractivity contribution in [2.24, 2.45) is 0 Å². The lowest BCUT2D eigenvalue weighted by atomic mass is 10.2. The van der Waals surface area contributed by atoms with E-state index in [1.807, 2.05) is 211 Å². The van der Waals surface area contributed by atoms with Crippen molar-refractivity contribution in [3.63, 3.8) is 0 Å². The maximum atomic E-state index is 11.4. The highest BCUT2D eigenvalue weighted by Crippen LogP contribution is 2.33. The predicted octanol–water partition coefficient (Wildman–Crippen LogP) is 26.8. The van der Waals surface area contributed by atoms with Crippen molar-refractivity contribution in [1.82, 2.24) is 65.4 Å². The standard InChI is InChI=1S/C12H15N3O2.C11H15N3.C10H13N3OS.C10H13N3.2C10H15NO2S.C9H12N4.2C9H13NO2S.C7H12N2S.C7H11NS/c1-8(2)13-12-15-14-11(17-12)9-4-6-10(16-3)7-5-9;1-8(2)13-7-10-4-3-9-5-6-12-11(9)14-10;1-6(2)11-10-13-12-9(14-10)8-4-7(3)15-5-8;1-7(2)13-9-5-8-3-4-11-10(8)12-6-9;1-6(2)11-8-5-7(3)14-9(8)10(12)13-4;1-6(2)11-9-7(3)5-8(14-9)10(12)13-4;1-6(2)10-7-3-4-8-9(5-7)12-13-11-8;1-6(2)10-7-4-5-13-8(7)9(11)12-3;1-5(2)10-7-4-6(3)13-8(7)9(11)12;1-5(2)8-7-4-6(3)9-10-7;1-6(2)8-7-3-4-9-5-7/h4-8H,1-3H3,(H,13,15);3-6,8,13H,7H2,1-2H3,(H,12,14);4-6H,1-3H3,(H,11,13);3-7,13H,1-2H3,(H,11,12);2*5-6,11H,1-4H3;3-6,10H,1-2H3,(H,11,12,13);4-6,10H,1-3H3;4-5,10H,1-3H3,(H,11,12);4-5,8H,1-3H3;3-6,8H,1-2H3. The molecule has 34 nitrogen and oxygen atoms in total. The van der Waals surface area contributed by atoms with Crippen molar-refractivity contribution in [2.75, 3.05) is 81.6 Å². The van der Waals surface area contributed by atoms with Crippen molar-refractivity contribution in [1.29, 1.82) is 0 Å². The van der Waals surface area contributed by atoms with Gasteiger partial charge in [0.15, 0.2) is 0 Å². The fraction of sp³-hybridized carbons (Fsp3) is 0.413. The lowest BCUT2D eigenvalue weighted by Gasteiger charge is -2.09. The molecule has 0 spiro atoms. The Morgan fingerprint density at radius 3 is 1.48 bits per heavy atom. The highest BCUT2D eigenvalue weighted by Gasteiger charge is 2.20. The van der Waals surface area contributed by atoms with Gasteiger partial charge in [-0.25, -0.2) is 29.1 Å². The number of benzene rings is 2. The van der Waals surface area contributed by atoms with Gasteiger partial charge < -0.3 is 101 Å². The number of carbonyl (C=O) groups excluding carboxylic acids is 3. The van der Waals surface area contributed by atoms with Crippen LogP contribution in [0, 0.1) is 34.6 Å². The Bertz CT molecular complexity index is 6330. The minimum absolute atomic E-state index is 0.257. The molecule has 0 aliphatic rings. The topological polar surface area (TPSA) is 447 Å². The summed E-state index contributed by atoms with van der Waals surface area (Å²) in [6.45, 7) is 56.3. The Morgan fingerprint density at radius 1 is 0.428 bits per heavy atom. The number of aromatic nitrogens is 12. The summed E-state index contributed by atoms with van der Waals surface area (Å²) in [5.41, 5.74) is 14.6. The third-order valence-electron chi connectivity index (χ3n) is 18.2. The summed E-state index contributed by atoms with van der Waals surface area (Å²) in [6.07, 6.45) is 5.66. The van der Waals surface area contributed by atoms with Gasteiger partial charge in [-0.2, -0.15) is 31.1 Å². The van der Waals surface area contributed by atoms with E-state index in [1.165, 1.54) is 94.2 Å². The molecule has 0 atom stereocenters. The zero-order valence-electron chi connectivity index (χ0n) is 89.0. The van der Waals surface area contributed by atoms with Crippen LogP contribution in [0.1, 0.15) is 223 Å². The zero-order chi connectivity index (χ0) is 107. The first-order chi connectivity index (χ1) is 68.8. The van der Waals surface area contributed by atoms with Crippen LogP contribution in [0.2, 0.25) is 0 Å². The number of carbonyl (C=O) groups is 4. The number of esters is 3. The first-order valence-corrected chi connectivity index (χ1v) is 53.5. The summed E-state index contributed by atoms with van der Waals surface area (Å²) in [7, 11) is 5.82. The normalized spacial score (nSPS) is 10.6. The molecular weight excluding hydrogens is 1970 g/mol. The van der Waals surface area contributed by atoms with E-state index in [0.717, 1.165) is 116 Å². The molecule has 0 radical (unpaired) electrons. The quantitative estimate of drug-likeness (QED) is 0.0147. The Morgan fingerprint density at radius 2 is 0.959 bits per heavy atom. The molecule has 0 amide bonds. The molecule has 0 saturated carbocycles. The molecule has 0 aliphatic heterocycles. The van der Waals surface area contributed by atoms with E-state index in [9.17, 15) is 19.2 Å². The number of ether oxygens (including phenoxy) is 4. The number of hydrogen-bond donors (Lipinski definition) is 15. The van der Waals surface area contributed by atoms with E-state index in [-0.39, 0.29) is 30.0 Å². The van der Waals surface area contributed by atoms with Gasteiger partial charge in [0, 0.05) is 144 Å². The van der Waals surface area contributed by atoms with Crippen molar-refractivity contribution in [2.45, 2.75) is 260 Å². The highest BCUT2D eigenvalue weighted by molar-refractivity contribution is 7.18. The molecule has 14 heterocycles. The maximum absolute atomic E-state index is 11.4. The van der Waals surface area contributed by atoms with Crippen LogP contribution in [0.3, 0.4) is 0 Å². The number of nitrogens with zero attached hydrogens (tertiary/aromatic N) is 9.